The number of carbonyl (C=O) groups excluding carboxylic acids is 2. The zero-order valence-electron chi connectivity index (χ0n) is 19.0. The Balaban J connectivity index is 1.53. The van der Waals surface area contributed by atoms with E-state index in [4.69, 9.17) is 33.3 Å². The summed E-state index contributed by atoms with van der Waals surface area (Å²) in [7, 11) is 0. The van der Waals surface area contributed by atoms with Gasteiger partial charge in [0.2, 0.25) is 0 Å². The van der Waals surface area contributed by atoms with Crippen molar-refractivity contribution in [2.75, 3.05) is 6.61 Å². The first kappa shape index (κ1) is 26.2. The Morgan fingerprint density at radius 1 is 1.14 bits per heavy atom. The lowest BCUT2D eigenvalue weighted by atomic mass is 10.1. The fourth-order valence-corrected chi connectivity index (χ4v) is 5.17. The molecule has 4 rings (SSSR count). The second-order valence-electron chi connectivity index (χ2n) is 7.50. The number of amides is 2. The molecule has 1 fully saturated rings. The van der Waals surface area contributed by atoms with Gasteiger partial charge >= 0.3 is 0 Å². The number of ether oxygens (including phenoxy) is 2. The van der Waals surface area contributed by atoms with Gasteiger partial charge in [-0.05, 0) is 88.7 Å². The van der Waals surface area contributed by atoms with Crippen molar-refractivity contribution in [3.05, 3.63) is 97.8 Å². The van der Waals surface area contributed by atoms with Crippen molar-refractivity contribution in [2.45, 2.75) is 13.5 Å². The summed E-state index contributed by atoms with van der Waals surface area (Å²) in [6.45, 7) is 2.71. The third-order valence-corrected chi connectivity index (χ3v) is 7.11. The van der Waals surface area contributed by atoms with Crippen LogP contribution in [-0.2, 0) is 11.4 Å². The molecule has 184 valence electrons. The minimum absolute atomic E-state index is 0.223. The zero-order valence-corrected chi connectivity index (χ0v) is 23.0. The minimum Gasteiger partial charge on any atom is -0.490 e. The van der Waals surface area contributed by atoms with Crippen LogP contribution in [0.5, 0.6) is 11.5 Å². The van der Waals surface area contributed by atoms with Gasteiger partial charge in [0.25, 0.3) is 11.8 Å². The number of rotatable bonds is 8. The largest absolute Gasteiger partial charge is 0.490 e. The standard InChI is InChI=1S/C26H20BrClN2O4S2/c1-2-33-21-13-17(12-20(27)23(21)34-15-16-6-4-3-5-7-16)14-22-25(32)30(26(35)36-22)29-24(31)18-8-10-19(28)11-9-18/h3-14H,2,15H2,1H3,(H,29,31)/b22-14+. The van der Waals surface area contributed by atoms with Crippen LogP contribution >= 0.6 is 51.5 Å². The predicted molar refractivity (Wildman–Crippen MR) is 150 cm³/mol. The van der Waals surface area contributed by atoms with Gasteiger partial charge in [-0.1, -0.05) is 53.7 Å². The van der Waals surface area contributed by atoms with Gasteiger partial charge in [0, 0.05) is 10.6 Å². The average Bonchev–Trinajstić information content (AvgIpc) is 3.12. The van der Waals surface area contributed by atoms with Crippen LogP contribution in [0.3, 0.4) is 0 Å². The number of thioether (sulfide) groups is 1. The Labute approximate surface area is 231 Å². The van der Waals surface area contributed by atoms with Crippen LogP contribution in [0.1, 0.15) is 28.4 Å². The minimum atomic E-state index is -0.467. The fourth-order valence-electron chi connectivity index (χ4n) is 3.29. The Bertz CT molecular complexity index is 1330. The average molecular weight is 604 g/mol. The van der Waals surface area contributed by atoms with Crippen LogP contribution < -0.4 is 14.9 Å². The molecule has 0 radical (unpaired) electrons. The molecule has 1 aliphatic rings. The van der Waals surface area contributed by atoms with E-state index in [-0.39, 0.29) is 4.32 Å². The third kappa shape index (κ3) is 6.28. The van der Waals surface area contributed by atoms with Crippen molar-refractivity contribution in [1.82, 2.24) is 10.4 Å². The first-order valence-corrected chi connectivity index (χ1v) is 13.2. The molecular formula is C26H20BrClN2O4S2. The van der Waals surface area contributed by atoms with E-state index in [1.165, 1.54) is 0 Å². The predicted octanol–water partition coefficient (Wildman–Crippen LogP) is 6.63. The topological polar surface area (TPSA) is 67.9 Å². The molecule has 0 spiro atoms. The van der Waals surface area contributed by atoms with E-state index in [0.29, 0.717) is 50.2 Å². The normalized spacial score (nSPS) is 14.3. The molecule has 36 heavy (non-hydrogen) atoms. The number of hydrazine groups is 1. The number of carbonyl (C=O) groups is 2. The quantitative estimate of drug-likeness (QED) is 0.230. The van der Waals surface area contributed by atoms with Crippen LogP contribution in [0.15, 0.2) is 76.1 Å². The van der Waals surface area contributed by atoms with Crippen LogP contribution in [-0.4, -0.2) is 27.8 Å². The highest BCUT2D eigenvalue weighted by molar-refractivity contribution is 9.10. The molecule has 1 heterocycles. The van der Waals surface area contributed by atoms with Crippen molar-refractivity contribution < 1.29 is 19.1 Å². The number of thiocarbonyl (C=S) groups is 1. The van der Waals surface area contributed by atoms with Gasteiger partial charge < -0.3 is 9.47 Å². The van der Waals surface area contributed by atoms with Crippen LogP contribution in [0.4, 0.5) is 0 Å². The summed E-state index contributed by atoms with van der Waals surface area (Å²) in [6.07, 6.45) is 1.70. The highest BCUT2D eigenvalue weighted by Gasteiger charge is 2.34. The summed E-state index contributed by atoms with van der Waals surface area (Å²) in [5.74, 6) is 0.220. The van der Waals surface area contributed by atoms with E-state index in [2.05, 4.69) is 21.4 Å². The van der Waals surface area contributed by atoms with E-state index in [9.17, 15) is 9.59 Å². The van der Waals surface area contributed by atoms with E-state index in [1.807, 2.05) is 43.3 Å². The summed E-state index contributed by atoms with van der Waals surface area (Å²) in [5, 5.41) is 1.58. The first-order chi connectivity index (χ1) is 17.4. The second kappa shape index (κ2) is 11.9. The summed E-state index contributed by atoms with van der Waals surface area (Å²) >= 11 is 15.9. The smallest absolute Gasteiger partial charge is 0.285 e. The summed E-state index contributed by atoms with van der Waals surface area (Å²) in [5.41, 5.74) is 4.65. The van der Waals surface area contributed by atoms with E-state index in [1.54, 1.807) is 36.4 Å². The van der Waals surface area contributed by atoms with Crippen molar-refractivity contribution in [3.8, 4) is 11.5 Å². The Hall–Kier alpha value is -2.85. The molecule has 0 atom stereocenters. The van der Waals surface area contributed by atoms with Gasteiger partial charge in [-0.2, -0.15) is 5.01 Å². The molecule has 3 aromatic rings. The maximum Gasteiger partial charge on any atom is 0.285 e. The summed E-state index contributed by atoms with van der Waals surface area (Å²) in [4.78, 5) is 25.9. The van der Waals surface area contributed by atoms with Gasteiger partial charge in [0.15, 0.2) is 15.8 Å². The number of hydrogen-bond donors (Lipinski definition) is 1. The second-order valence-corrected chi connectivity index (χ2v) is 10.5. The maximum absolute atomic E-state index is 13.0. The summed E-state index contributed by atoms with van der Waals surface area (Å²) in [6, 6.07) is 19.8. The molecule has 1 saturated heterocycles. The lowest BCUT2D eigenvalue weighted by molar-refractivity contribution is -0.123. The number of hydrogen-bond acceptors (Lipinski definition) is 6. The van der Waals surface area contributed by atoms with Gasteiger partial charge in [0.1, 0.15) is 6.61 Å². The van der Waals surface area contributed by atoms with Gasteiger partial charge in [-0.3, -0.25) is 15.0 Å². The molecule has 10 heteroatoms. The van der Waals surface area contributed by atoms with E-state index >= 15 is 0 Å². The van der Waals surface area contributed by atoms with Crippen LogP contribution in [0, 0.1) is 0 Å². The number of benzene rings is 3. The molecular weight excluding hydrogens is 584 g/mol. The van der Waals surface area contributed by atoms with Gasteiger partial charge in [0.05, 0.1) is 16.0 Å². The summed E-state index contributed by atoms with van der Waals surface area (Å²) < 4.78 is 12.7. The molecule has 0 aliphatic carbocycles. The zero-order chi connectivity index (χ0) is 25.7. The molecule has 3 aromatic carbocycles. The molecule has 0 bridgehead atoms. The molecule has 0 saturated carbocycles. The van der Waals surface area contributed by atoms with Crippen molar-refractivity contribution in [2.24, 2.45) is 0 Å². The lowest BCUT2D eigenvalue weighted by Gasteiger charge is -2.16. The lowest BCUT2D eigenvalue weighted by Crippen LogP contribution is -2.44. The Kier molecular flexibility index (Phi) is 8.68. The Morgan fingerprint density at radius 3 is 2.56 bits per heavy atom. The van der Waals surface area contributed by atoms with Crippen molar-refractivity contribution in [1.29, 1.82) is 0 Å². The fraction of sp³-hybridized carbons (Fsp3) is 0.115. The molecule has 2 amide bonds. The highest BCUT2D eigenvalue weighted by Crippen LogP contribution is 2.39. The Morgan fingerprint density at radius 2 is 1.86 bits per heavy atom. The number of halogens is 2. The third-order valence-electron chi connectivity index (χ3n) is 4.97. The molecule has 1 N–H and O–H groups in total. The van der Waals surface area contributed by atoms with Gasteiger partial charge in [-0.15, -0.1) is 0 Å². The monoisotopic (exact) mass is 602 g/mol. The van der Waals surface area contributed by atoms with E-state index in [0.717, 1.165) is 22.3 Å². The molecule has 1 aliphatic heterocycles. The van der Waals surface area contributed by atoms with Gasteiger partial charge in [-0.25, -0.2) is 0 Å². The number of nitrogens with one attached hydrogen (secondary N) is 1. The number of nitrogens with zero attached hydrogens (tertiary/aromatic N) is 1. The van der Waals surface area contributed by atoms with Crippen LogP contribution in [0.25, 0.3) is 6.08 Å². The van der Waals surface area contributed by atoms with Crippen molar-refractivity contribution >= 4 is 73.7 Å². The highest BCUT2D eigenvalue weighted by atomic mass is 79.9. The molecule has 0 unspecified atom stereocenters. The molecule has 0 aromatic heterocycles. The first-order valence-electron chi connectivity index (χ1n) is 10.8. The maximum atomic E-state index is 13.0. The van der Waals surface area contributed by atoms with Crippen molar-refractivity contribution in [3.63, 3.8) is 0 Å². The van der Waals surface area contributed by atoms with E-state index < -0.39 is 11.8 Å². The molecule has 6 nitrogen and oxygen atoms in total. The van der Waals surface area contributed by atoms with Crippen LogP contribution in [0.2, 0.25) is 5.02 Å². The SMILES string of the molecule is CCOc1cc(/C=C2/SC(=S)N(NC(=O)c3ccc(Cl)cc3)C2=O)cc(Br)c1OCc1ccccc1.